The summed E-state index contributed by atoms with van der Waals surface area (Å²) in [7, 11) is 0. The lowest BCUT2D eigenvalue weighted by molar-refractivity contribution is -0.138. The SMILES string of the molecule is CCCCCCCCCCC(=O)N1CCCC1C(=O)NCCCN. The molecule has 1 unspecified atom stereocenters. The van der Waals surface area contributed by atoms with Gasteiger partial charge in [0.2, 0.25) is 11.8 Å². The molecule has 0 aromatic rings. The summed E-state index contributed by atoms with van der Waals surface area (Å²) in [6.07, 6.45) is 12.9. The molecule has 2 amide bonds. The summed E-state index contributed by atoms with van der Waals surface area (Å²) in [5.74, 6) is 0.141. The lowest BCUT2D eigenvalue weighted by atomic mass is 10.1. The van der Waals surface area contributed by atoms with Gasteiger partial charge in [0.15, 0.2) is 0 Å². The molecule has 0 bridgehead atoms. The molecule has 1 fully saturated rings. The van der Waals surface area contributed by atoms with Crippen molar-refractivity contribution in [1.82, 2.24) is 10.2 Å². The second-order valence-electron chi connectivity index (χ2n) is 6.90. The Hall–Kier alpha value is -1.10. The highest BCUT2D eigenvalue weighted by atomic mass is 16.2. The number of rotatable bonds is 13. The molecule has 140 valence electrons. The maximum absolute atomic E-state index is 12.4. The molecule has 0 radical (unpaired) electrons. The minimum Gasteiger partial charge on any atom is -0.354 e. The third kappa shape index (κ3) is 8.13. The highest BCUT2D eigenvalue weighted by Crippen LogP contribution is 2.19. The molecule has 24 heavy (non-hydrogen) atoms. The van der Waals surface area contributed by atoms with Gasteiger partial charge in [0.1, 0.15) is 6.04 Å². The van der Waals surface area contributed by atoms with Crippen molar-refractivity contribution >= 4 is 11.8 Å². The van der Waals surface area contributed by atoms with E-state index in [-0.39, 0.29) is 17.9 Å². The lowest BCUT2D eigenvalue weighted by Crippen LogP contribution is -2.46. The molecule has 0 aromatic heterocycles. The fourth-order valence-electron chi connectivity index (χ4n) is 3.32. The van der Waals surface area contributed by atoms with Crippen molar-refractivity contribution < 1.29 is 9.59 Å². The Morgan fingerprint density at radius 2 is 1.71 bits per heavy atom. The van der Waals surface area contributed by atoms with E-state index in [2.05, 4.69) is 12.2 Å². The molecule has 1 saturated heterocycles. The van der Waals surface area contributed by atoms with E-state index in [0.29, 0.717) is 19.5 Å². The Kier molecular flexibility index (Phi) is 11.5. The molecule has 0 aliphatic carbocycles. The number of hydrogen-bond donors (Lipinski definition) is 2. The number of amides is 2. The van der Waals surface area contributed by atoms with Crippen molar-refractivity contribution in [3.8, 4) is 0 Å². The van der Waals surface area contributed by atoms with Crippen LogP contribution in [-0.4, -0.2) is 42.4 Å². The first-order valence-corrected chi connectivity index (χ1v) is 9.98. The van der Waals surface area contributed by atoms with Crippen LogP contribution in [0.2, 0.25) is 0 Å². The molecule has 1 aliphatic heterocycles. The highest BCUT2D eigenvalue weighted by molar-refractivity contribution is 5.88. The van der Waals surface area contributed by atoms with E-state index >= 15 is 0 Å². The van der Waals surface area contributed by atoms with E-state index in [1.165, 1.54) is 38.5 Å². The van der Waals surface area contributed by atoms with Crippen molar-refractivity contribution in [1.29, 1.82) is 0 Å². The molecular formula is C19H37N3O2. The van der Waals surface area contributed by atoms with Crippen LogP contribution >= 0.6 is 0 Å². The number of carbonyl (C=O) groups excluding carboxylic acids is 2. The Balaban J connectivity index is 2.17. The van der Waals surface area contributed by atoms with Gasteiger partial charge in [-0.3, -0.25) is 9.59 Å². The maximum Gasteiger partial charge on any atom is 0.242 e. The number of likely N-dealkylation sites (tertiary alicyclic amines) is 1. The summed E-state index contributed by atoms with van der Waals surface area (Å²) in [5.41, 5.74) is 5.44. The van der Waals surface area contributed by atoms with Gasteiger partial charge < -0.3 is 16.0 Å². The minimum atomic E-state index is -0.260. The summed E-state index contributed by atoms with van der Waals surface area (Å²) in [5, 5.41) is 2.90. The van der Waals surface area contributed by atoms with Gasteiger partial charge in [-0.15, -0.1) is 0 Å². The molecule has 5 heteroatoms. The number of hydrogen-bond acceptors (Lipinski definition) is 3. The summed E-state index contributed by atoms with van der Waals surface area (Å²) < 4.78 is 0. The van der Waals surface area contributed by atoms with Crippen molar-refractivity contribution in [2.24, 2.45) is 5.73 Å². The van der Waals surface area contributed by atoms with Crippen LogP contribution in [0.25, 0.3) is 0 Å². The Morgan fingerprint density at radius 3 is 2.38 bits per heavy atom. The minimum absolute atomic E-state index is 0.00905. The Labute approximate surface area is 147 Å². The average Bonchev–Trinajstić information content (AvgIpc) is 3.07. The second kappa shape index (κ2) is 13.2. The smallest absolute Gasteiger partial charge is 0.242 e. The van der Waals surface area contributed by atoms with Crippen LogP contribution in [-0.2, 0) is 9.59 Å². The molecule has 0 saturated carbocycles. The van der Waals surface area contributed by atoms with E-state index in [1.807, 2.05) is 0 Å². The normalized spacial score (nSPS) is 17.2. The summed E-state index contributed by atoms with van der Waals surface area (Å²) in [4.78, 5) is 26.4. The predicted octanol–water partition coefficient (Wildman–Crippen LogP) is 2.97. The first kappa shape index (κ1) is 20.9. The zero-order valence-corrected chi connectivity index (χ0v) is 15.5. The van der Waals surface area contributed by atoms with Crippen molar-refractivity contribution in [3.05, 3.63) is 0 Å². The van der Waals surface area contributed by atoms with Gasteiger partial charge in [-0.2, -0.15) is 0 Å². The van der Waals surface area contributed by atoms with Gasteiger partial charge in [-0.25, -0.2) is 0 Å². The number of nitrogens with one attached hydrogen (secondary N) is 1. The third-order valence-electron chi connectivity index (χ3n) is 4.80. The van der Waals surface area contributed by atoms with Crippen LogP contribution in [0.3, 0.4) is 0 Å². The molecular weight excluding hydrogens is 302 g/mol. The zero-order valence-electron chi connectivity index (χ0n) is 15.5. The first-order valence-electron chi connectivity index (χ1n) is 9.98. The van der Waals surface area contributed by atoms with E-state index in [0.717, 1.165) is 38.6 Å². The average molecular weight is 340 g/mol. The predicted molar refractivity (Wildman–Crippen MR) is 98.6 cm³/mol. The molecule has 1 atom stereocenters. The monoisotopic (exact) mass is 339 g/mol. The van der Waals surface area contributed by atoms with Gasteiger partial charge in [0.05, 0.1) is 0 Å². The van der Waals surface area contributed by atoms with Gasteiger partial charge in [-0.1, -0.05) is 51.9 Å². The molecule has 1 heterocycles. The number of nitrogens with zero attached hydrogens (tertiary/aromatic N) is 1. The topological polar surface area (TPSA) is 75.4 Å². The van der Waals surface area contributed by atoms with Crippen molar-refractivity contribution in [2.75, 3.05) is 19.6 Å². The molecule has 5 nitrogen and oxygen atoms in total. The van der Waals surface area contributed by atoms with Crippen LogP contribution in [0.15, 0.2) is 0 Å². The molecule has 3 N–H and O–H groups in total. The van der Waals surface area contributed by atoms with Crippen molar-refractivity contribution in [2.45, 2.75) is 90.0 Å². The van der Waals surface area contributed by atoms with Crippen LogP contribution in [0.1, 0.15) is 84.0 Å². The zero-order chi connectivity index (χ0) is 17.6. The second-order valence-corrected chi connectivity index (χ2v) is 6.90. The fraction of sp³-hybridized carbons (Fsp3) is 0.895. The number of nitrogens with two attached hydrogens (primary N) is 1. The van der Waals surface area contributed by atoms with Gasteiger partial charge in [0.25, 0.3) is 0 Å². The largest absolute Gasteiger partial charge is 0.354 e. The number of unbranched alkanes of at least 4 members (excludes halogenated alkanes) is 7. The first-order chi connectivity index (χ1) is 11.7. The van der Waals surface area contributed by atoms with Crippen LogP contribution in [0, 0.1) is 0 Å². The summed E-state index contributed by atoms with van der Waals surface area (Å²) in [6.45, 7) is 4.14. The van der Waals surface area contributed by atoms with Crippen LogP contribution < -0.4 is 11.1 Å². The summed E-state index contributed by atoms with van der Waals surface area (Å²) >= 11 is 0. The van der Waals surface area contributed by atoms with Crippen LogP contribution in [0.5, 0.6) is 0 Å². The maximum atomic E-state index is 12.4. The Bertz CT molecular complexity index is 361. The van der Waals surface area contributed by atoms with E-state index in [4.69, 9.17) is 5.73 Å². The van der Waals surface area contributed by atoms with Gasteiger partial charge >= 0.3 is 0 Å². The third-order valence-corrected chi connectivity index (χ3v) is 4.80. The van der Waals surface area contributed by atoms with Gasteiger partial charge in [-0.05, 0) is 32.2 Å². The highest BCUT2D eigenvalue weighted by Gasteiger charge is 2.33. The van der Waals surface area contributed by atoms with E-state index in [9.17, 15) is 9.59 Å². The quantitative estimate of drug-likeness (QED) is 0.507. The van der Waals surface area contributed by atoms with Crippen molar-refractivity contribution in [3.63, 3.8) is 0 Å². The van der Waals surface area contributed by atoms with E-state index < -0.39 is 0 Å². The van der Waals surface area contributed by atoms with Gasteiger partial charge in [0, 0.05) is 19.5 Å². The molecule has 0 spiro atoms. The molecule has 0 aromatic carbocycles. The molecule has 1 rings (SSSR count). The number of carbonyl (C=O) groups is 2. The summed E-state index contributed by atoms with van der Waals surface area (Å²) in [6, 6.07) is -0.260. The standard InChI is InChI=1S/C19H37N3O2/c1-2-3-4-5-6-7-8-9-13-18(23)22-16-10-12-17(22)19(24)21-15-11-14-20/h17H,2-16,20H2,1H3,(H,21,24). The fourth-order valence-corrected chi connectivity index (χ4v) is 3.32. The molecule has 1 aliphatic rings. The van der Waals surface area contributed by atoms with E-state index in [1.54, 1.807) is 4.90 Å². The van der Waals surface area contributed by atoms with Crippen LogP contribution in [0.4, 0.5) is 0 Å². The lowest BCUT2D eigenvalue weighted by Gasteiger charge is -2.24. The Morgan fingerprint density at radius 1 is 1.04 bits per heavy atom.